The average Bonchev–Trinajstić information content (AvgIpc) is 2.74. The monoisotopic (exact) mass is 368 g/mol. The second-order valence-electron chi connectivity index (χ2n) is 6.82. The molecule has 1 N–H and O–H groups in total. The van der Waals surface area contributed by atoms with E-state index in [4.69, 9.17) is 9.47 Å². The van der Waals surface area contributed by atoms with Crippen LogP contribution < -0.4 is 10.2 Å². The molecular weight excluding hydrogens is 344 g/mol. The molecule has 2 atom stereocenters. The van der Waals surface area contributed by atoms with Crippen LogP contribution in [0.1, 0.15) is 34.1 Å². The molecule has 1 aromatic carbocycles. The number of aromatic nitrogens is 2. The van der Waals surface area contributed by atoms with Crippen LogP contribution in [-0.2, 0) is 15.9 Å². The number of rotatable bonds is 4. The second-order valence-corrected chi connectivity index (χ2v) is 6.82. The minimum absolute atomic E-state index is 0.0515. The number of hydrogen-bond donors (Lipinski definition) is 1. The first kappa shape index (κ1) is 17.9. The Morgan fingerprint density at radius 1 is 1.26 bits per heavy atom. The number of hydrogen-bond acceptors (Lipinski definition) is 6. The Hall–Kier alpha value is -2.51. The van der Waals surface area contributed by atoms with Crippen LogP contribution in [0, 0.1) is 0 Å². The van der Waals surface area contributed by atoms with E-state index < -0.39 is 0 Å². The number of aryl methyl sites for hydroxylation is 1. The number of anilines is 1. The molecular formula is C20H24N4O3. The smallest absolute Gasteiger partial charge is 0.270 e. The maximum absolute atomic E-state index is 12.9. The van der Waals surface area contributed by atoms with E-state index in [1.54, 1.807) is 13.2 Å². The van der Waals surface area contributed by atoms with Crippen LogP contribution in [0.4, 0.5) is 5.82 Å². The van der Waals surface area contributed by atoms with Crippen LogP contribution in [0.5, 0.6) is 0 Å². The van der Waals surface area contributed by atoms with E-state index in [1.807, 2.05) is 12.1 Å². The third-order valence-corrected chi connectivity index (χ3v) is 5.27. The molecule has 2 aliphatic rings. The molecule has 1 aliphatic carbocycles. The van der Waals surface area contributed by atoms with E-state index in [0.29, 0.717) is 18.9 Å². The van der Waals surface area contributed by atoms with Crippen LogP contribution >= 0.6 is 0 Å². The molecule has 0 spiro atoms. The number of ether oxygens (including phenoxy) is 2. The number of nitrogens with one attached hydrogen (secondary N) is 1. The standard InChI is InChI=1S/C20H24N4O3/c1-26-17-7-6-14-4-2-3-5-15(14)19(17)23-20(25)16-12-18(22-13-21-16)24-8-10-27-11-9-24/h2-5,12-13,17,19H,6-11H2,1H3,(H,23,25)/t17-,19-/m1/s1. The molecule has 0 radical (unpaired) electrons. The lowest BCUT2D eigenvalue weighted by atomic mass is 9.85. The van der Waals surface area contributed by atoms with Crippen molar-refractivity contribution >= 4 is 11.7 Å². The molecule has 27 heavy (non-hydrogen) atoms. The highest BCUT2D eigenvalue weighted by molar-refractivity contribution is 5.93. The number of methoxy groups -OCH3 is 1. The van der Waals surface area contributed by atoms with Gasteiger partial charge >= 0.3 is 0 Å². The maximum atomic E-state index is 12.9. The van der Waals surface area contributed by atoms with Crippen molar-refractivity contribution in [1.29, 1.82) is 0 Å². The summed E-state index contributed by atoms with van der Waals surface area (Å²) in [6.07, 6.45) is 3.23. The van der Waals surface area contributed by atoms with Gasteiger partial charge in [0.15, 0.2) is 0 Å². The van der Waals surface area contributed by atoms with Gasteiger partial charge < -0.3 is 19.7 Å². The van der Waals surface area contributed by atoms with Crippen molar-refractivity contribution in [2.75, 3.05) is 38.3 Å². The summed E-state index contributed by atoms with van der Waals surface area (Å²) in [6.45, 7) is 2.86. The van der Waals surface area contributed by atoms with Crippen LogP contribution in [0.25, 0.3) is 0 Å². The van der Waals surface area contributed by atoms with Gasteiger partial charge in [-0.2, -0.15) is 0 Å². The number of carbonyl (C=O) groups is 1. The topological polar surface area (TPSA) is 76.6 Å². The number of nitrogens with zero attached hydrogens (tertiary/aromatic N) is 3. The fourth-order valence-electron chi connectivity index (χ4n) is 3.81. The van der Waals surface area contributed by atoms with Gasteiger partial charge in [0.2, 0.25) is 0 Å². The first-order valence-corrected chi connectivity index (χ1v) is 9.32. The van der Waals surface area contributed by atoms with Gasteiger partial charge in [0.1, 0.15) is 17.8 Å². The largest absolute Gasteiger partial charge is 0.379 e. The van der Waals surface area contributed by atoms with Crippen molar-refractivity contribution < 1.29 is 14.3 Å². The van der Waals surface area contributed by atoms with Crippen LogP contribution in [0.2, 0.25) is 0 Å². The molecule has 7 heteroatoms. The van der Waals surface area contributed by atoms with Crippen molar-refractivity contribution in [3.8, 4) is 0 Å². The summed E-state index contributed by atoms with van der Waals surface area (Å²) in [7, 11) is 1.69. The number of fused-ring (bicyclic) bond motifs is 1. The Morgan fingerprint density at radius 2 is 2.07 bits per heavy atom. The van der Waals surface area contributed by atoms with E-state index in [9.17, 15) is 4.79 Å². The highest BCUT2D eigenvalue weighted by Crippen LogP contribution is 2.31. The molecule has 2 aromatic rings. The Balaban J connectivity index is 1.55. The van der Waals surface area contributed by atoms with Gasteiger partial charge in [-0.25, -0.2) is 9.97 Å². The fourth-order valence-corrected chi connectivity index (χ4v) is 3.81. The molecule has 1 amide bonds. The van der Waals surface area contributed by atoms with Crippen molar-refractivity contribution in [2.45, 2.75) is 25.0 Å². The predicted molar refractivity (Wildman–Crippen MR) is 101 cm³/mol. The van der Waals surface area contributed by atoms with Crippen molar-refractivity contribution in [3.05, 3.63) is 53.5 Å². The van der Waals surface area contributed by atoms with Gasteiger partial charge in [0, 0.05) is 26.3 Å². The van der Waals surface area contributed by atoms with Crippen LogP contribution in [0.15, 0.2) is 36.7 Å². The van der Waals surface area contributed by atoms with E-state index in [2.05, 4.69) is 32.3 Å². The highest BCUT2D eigenvalue weighted by atomic mass is 16.5. The summed E-state index contributed by atoms with van der Waals surface area (Å²) in [4.78, 5) is 23.5. The zero-order chi connectivity index (χ0) is 18.6. The van der Waals surface area contributed by atoms with Crippen molar-refractivity contribution in [2.24, 2.45) is 0 Å². The van der Waals surface area contributed by atoms with Crippen LogP contribution in [0.3, 0.4) is 0 Å². The SMILES string of the molecule is CO[C@@H]1CCc2ccccc2[C@H]1NC(=O)c1cc(N2CCOCC2)ncn1. The van der Waals surface area contributed by atoms with Crippen molar-refractivity contribution in [3.63, 3.8) is 0 Å². The minimum atomic E-state index is -0.212. The first-order chi connectivity index (χ1) is 13.3. The van der Waals surface area contributed by atoms with Gasteiger partial charge in [0.05, 0.1) is 25.4 Å². The van der Waals surface area contributed by atoms with Gasteiger partial charge in [-0.3, -0.25) is 4.79 Å². The molecule has 0 saturated carbocycles. The lowest BCUT2D eigenvalue weighted by Crippen LogP contribution is -2.41. The zero-order valence-corrected chi connectivity index (χ0v) is 15.4. The van der Waals surface area contributed by atoms with Gasteiger partial charge in [-0.05, 0) is 24.0 Å². The Labute approximate surface area is 158 Å². The van der Waals surface area contributed by atoms with E-state index in [-0.39, 0.29) is 18.1 Å². The molecule has 2 heterocycles. The Kier molecular flexibility index (Phi) is 5.31. The summed E-state index contributed by atoms with van der Waals surface area (Å²) in [5, 5.41) is 3.13. The Morgan fingerprint density at radius 3 is 2.89 bits per heavy atom. The molecule has 7 nitrogen and oxygen atoms in total. The predicted octanol–water partition coefficient (Wildman–Crippen LogP) is 1.75. The normalized spacial score (nSPS) is 22.2. The summed E-state index contributed by atoms with van der Waals surface area (Å²) < 4.78 is 11.0. The minimum Gasteiger partial charge on any atom is -0.379 e. The average molecular weight is 368 g/mol. The molecule has 1 saturated heterocycles. The lowest BCUT2D eigenvalue weighted by Gasteiger charge is -2.33. The number of carbonyl (C=O) groups excluding carboxylic acids is 1. The van der Waals surface area contributed by atoms with Crippen LogP contribution in [-0.4, -0.2) is 55.4 Å². The molecule has 0 bridgehead atoms. The lowest BCUT2D eigenvalue weighted by molar-refractivity contribution is 0.0505. The number of benzene rings is 1. The van der Waals surface area contributed by atoms with Gasteiger partial charge in [-0.1, -0.05) is 24.3 Å². The zero-order valence-electron chi connectivity index (χ0n) is 15.4. The molecule has 1 aromatic heterocycles. The third-order valence-electron chi connectivity index (χ3n) is 5.27. The third kappa shape index (κ3) is 3.79. The summed E-state index contributed by atoms with van der Waals surface area (Å²) in [5.41, 5.74) is 2.74. The second kappa shape index (κ2) is 8.02. The molecule has 0 unspecified atom stereocenters. The molecule has 1 aliphatic heterocycles. The molecule has 4 rings (SSSR count). The quantitative estimate of drug-likeness (QED) is 0.886. The fraction of sp³-hybridized carbons (Fsp3) is 0.450. The Bertz CT molecular complexity index is 807. The number of morpholine rings is 1. The van der Waals surface area contributed by atoms with E-state index in [1.165, 1.54) is 11.9 Å². The van der Waals surface area contributed by atoms with Crippen molar-refractivity contribution in [1.82, 2.24) is 15.3 Å². The summed E-state index contributed by atoms with van der Waals surface area (Å²) >= 11 is 0. The van der Waals surface area contributed by atoms with E-state index >= 15 is 0 Å². The van der Waals surface area contributed by atoms with Gasteiger partial charge in [-0.15, -0.1) is 0 Å². The molecule has 1 fully saturated rings. The first-order valence-electron chi connectivity index (χ1n) is 9.32. The van der Waals surface area contributed by atoms with E-state index in [0.717, 1.165) is 37.3 Å². The van der Waals surface area contributed by atoms with Gasteiger partial charge in [0.25, 0.3) is 5.91 Å². The summed E-state index contributed by atoms with van der Waals surface area (Å²) in [6, 6.07) is 9.76. The summed E-state index contributed by atoms with van der Waals surface area (Å²) in [5.74, 6) is 0.543. The number of amides is 1. The molecule has 142 valence electrons. The maximum Gasteiger partial charge on any atom is 0.270 e. The highest BCUT2D eigenvalue weighted by Gasteiger charge is 2.31.